The molecule has 0 heterocycles. The number of rotatable bonds is 4. The van der Waals surface area contributed by atoms with Crippen LogP contribution in [0.15, 0.2) is 0 Å². The van der Waals surface area contributed by atoms with E-state index in [1.807, 2.05) is 20.8 Å². The van der Waals surface area contributed by atoms with Crippen molar-refractivity contribution in [2.24, 2.45) is 0 Å². The summed E-state index contributed by atoms with van der Waals surface area (Å²) in [6.45, 7) is 6.57. The van der Waals surface area contributed by atoms with Crippen molar-refractivity contribution in [2.75, 3.05) is 6.54 Å². The van der Waals surface area contributed by atoms with Crippen molar-refractivity contribution in [3.63, 3.8) is 0 Å². The number of carbonyl (C=O) groups is 1. The van der Waals surface area contributed by atoms with E-state index in [9.17, 15) is 9.90 Å². The summed E-state index contributed by atoms with van der Waals surface area (Å²) in [5.41, 5.74) is -0.165. The highest BCUT2D eigenvalue weighted by atomic mass is 16.3. The molecular weight excluding hydrogens is 216 g/mol. The van der Waals surface area contributed by atoms with Crippen molar-refractivity contribution in [1.29, 1.82) is 0 Å². The molecule has 0 aromatic carbocycles. The zero-order valence-corrected chi connectivity index (χ0v) is 11.3. The lowest BCUT2D eigenvalue weighted by molar-refractivity contribution is -0.122. The van der Waals surface area contributed by atoms with Gasteiger partial charge in [-0.05, 0) is 33.6 Å². The fourth-order valence-electron chi connectivity index (χ4n) is 2.20. The number of hydrogen-bond donors (Lipinski definition) is 3. The summed E-state index contributed by atoms with van der Waals surface area (Å²) in [7, 11) is 0. The van der Waals surface area contributed by atoms with Crippen molar-refractivity contribution in [2.45, 2.75) is 70.6 Å². The Balaban J connectivity index is 2.16. The molecule has 0 aromatic rings. The minimum atomic E-state index is -0.241. The standard InChI is InChI=1S/C13H26N2O2/c1-13(2,3)15-12(17)8-9-14-10-6-4-5-7-11(10)16/h10-11,14,16H,4-9H2,1-3H3,(H,15,17)/t10-,11-/m1/s1. The maximum absolute atomic E-state index is 11.6. The first-order valence-electron chi connectivity index (χ1n) is 6.61. The molecule has 2 atom stereocenters. The van der Waals surface area contributed by atoms with Gasteiger partial charge in [-0.2, -0.15) is 0 Å². The van der Waals surface area contributed by atoms with E-state index in [0.29, 0.717) is 13.0 Å². The lowest BCUT2D eigenvalue weighted by atomic mass is 9.92. The third-order valence-corrected chi connectivity index (χ3v) is 3.00. The van der Waals surface area contributed by atoms with Crippen LogP contribution in [-0.4, -0.2) is 35.2 Å². The van der Waals surface area contributed by atoms with Crippen molar-refractivity contribution in [3.8, 4) is 0 Å². The summed E-state index contributed by atoms with van der Waals surface area (Å²) in [6.07, 6.45) is 4.41. The van der Waals surface area contributed by atoms with Gasteiger partial charge in [0.2, 0.25) is 5.91 Å². The Labute approximate surface area is 104 Å². The molecule has 4 heteroatoms. The normalized spacial score (nSPS) is 25.6. The van der Waals surface area contributed by atoms with Gasteiger partial charge in [-0.1, -0.05) is 12.8 Å². The van der Waals surface area contributed by atoms with Crippen LogP contribution in [-0.2, 0) is 4.79 Å². The molecular formula is C13H26N2O2. The Morgan fingerprint density at radius 1 is 1.29 bits per heavy atom. The molecule has 100 valence electrons. The van der Waals surface area contributed by atoms with Gasteiger partial charge in [0.25, 0.3) is 0 Å². The number of carbonyl (C=O) groups excluding carboxylic acids is 1. The van der Waals surface area contributed by atoms with Gasteiger partial charge in [0.15, 0.2) is 0 Å². The monoisotopic (exact) mass is 242 g/mol. The molecule has 0 radical (unpaired) electrons. The molecule has 1 amide bonds. The van der Waals surface area contributed by atoms with Gasteiger partial charge in [-0.3, -0.25) is 4.79 Å². The van der Waals surface area contributed by atoms with E-state index in [4.69, 9.17) is 0 Å². The molecule has 0 aliphatic heterocycles. The average Bonchev–Trinajstić information content (AvgIpc) is 2.18. The van der Waals surface area contributed by atoms with Crippen LogP contribution in [0, 0.1) is 0 Å². The van der Waals surface area contributed by atoms with E-state index in [1.54, 1.807) is 0 Å². The van der Waals surface area contributed by atoms with Crippen LogP contribution in [0.2, 0.25) is 0 Å². The van der Waals surface area contributed by atoms with E-state index in [2.05, 4.69) is 10.6 Å². The Bertz CT molecular complexity index is 248. The molecule has 0 saturated heterocycles. The van der Waals surface area contributed by atoms with Crippen LogP contribution in [0.1, 0.15) is 52.9 Å². The van der Waals surface area contributed by atoms with Gasteiger partial charge < -0.3 is 15.7 Å². The topological polar surface area (TPSA) is 61.4 Å². The largest absolute Gasteiger partial charge is 0.392 e. The van der Waals surface area contributed by atoms with E-state index >= 15 is 0 Å². The zero-order valence-electron chi connectivity index (χ0n) is 11.3. The number of aliphatic hydroxyl groups is 1. The highest BCUT2D eigenvalue weighted by molar-refractivity contribution is 5.76. The summed E-state index contributed by atoms with van der Waals surface area (Å²) in [5.74, 6) is 0.0651. The predicted octanol–water partition coefficient (Wildman–Crippen LogP) is 1.18. The van der Waals surface area contributed by atoms with Gasteiger partial charge in [-0.25, -0.2) is 0 Å². The molecule has 4 nitrogen and oxygen atoms in total. The minimum absolute atomic E-state index is 0.0651. The van der Waals surface area contributed by atoms with Crippen molar-refractivity contribution >= 4 is 5.91 Å². The fourth-order valence-corrected chi connectivity index (χ4v) is 2.20. The first-order chi connectivity index (χ1) is 7.88. The summed E-state index contributed by atoms with van der Waals surface area (Å²) in [6, 6.07) is 0.172. The number of aliphatic hydroxyl groups excluding tert-OH is 1. The van der Waals surface area contributed by atoms with Gasteiger partial charge in [0, 0.05) is 24.5 Å². The lowest BCUT2D eigenvalue weighted by Crippen LogP contribution is -2.45. The molecule has 1 rings (SSSR count). The number of nitrogens with one attached hydrogen (secondary N) is 2. The average molecular weight is 242 g/mol. The quantitative estimate of drug-likeness (QED) is 0.694. The smallest absolute Gasteiger partial charge is 0.221 e. The van der Waals surface area contributed by atoms with E-state index in [0.717, 1.165) is 19.3 Å². The summed E-state index contributed by atoms with van der Waals surface area (Å²) >= 11 is 0. The van der Waals surface area contributed by atoms with Crippen molar-refractivity contribution in [1.82, 2.24) is 10.6 Å². The Morgan fingerprint density at radius 3 is 2.53 bits per heavy atom. The molecule has 1 aliphatic rings. The Kier molecular flexibility index (Phi) is 5.40. The molecule has 0 aromatic heterocycles. The second-order valence-electron chi connectivity index (χ2n) is 5.96. The van der Waals surface area contributed by atoms with Crippen LogP contribution >= 0.6 is 0 Å². The maximum atomic E-state index is 11.6. The highest BCUT2D eigenvalue weighted by Gasteiger charge is 2.22. The molecule has 0 spiro atoms. The summed E-state index contributed by atoms with van der Waals surface area (Å²) < 4.78 is 0. The van der Waals surface area contributed by atoms with Gasteiger partial charge in [0.05, 0.1) is 6.10 Å². The third-order valence-electron chi connectivity index (χ3n) is 3.00. The number of hydrogen-bond acceptors (Lipinski definition) is 3. The SMILES string of the molecule is CC(C)(C)NC(=O)CCN[C@@H]1CCCC[C@H]1O. The number of amides is 1. The minimum Gasteiger partial charge on any atom is -0.392 e. The first kappa shape index (κ1) is 14.5. The van der Waals surface area contributed by atoms with Gasteiger partial charge in [0.1, 0.15) is 0 Å². The van der Waals surface area contributed by atoms with Crippen molar-refractivity contribution < 1.29 is 9.90 Å². The van der Waals surface area contributed by atoms with E-state index < -0.39 is 0 Å². The Morgan fingerprint density at radius 2 is 1.94 bits per heavy atom. The second kappa shape index (κ2) is 6.36. The molecule has 0 bridgehead atoms. The molecule has 1 fully saturated rings. The third kappa shape index (κ3) is 6.03. The molecule has 17 heavy (non-hydrogen) atoms. The van der Waals surface area contributed by atoms with Crippen LogP contribution in [0.25, 0.3) is 0 Å². The fraction of sp³-hybridized carbons (Fsp3) is 0.923. The summed E-state index contributed by atoms with van der Waals surface area (Å²) in [4.78, 5) is 11.6. The molecule has 0 unspecified atom stereocenters. The second-order valence-corrected chi connectivity index (χ2v) is 5.96. The van der Waals surface area contributed by atoms with Gasteiger partial charge in [-0.15, -0.1) is 0 Å². The lowest BCUT2D eigenvalue weighted by Gasteiger charge is -2.28. The predicted molar refractivity (Wildman–Crippen MR) is 68.8 cm³/mol. The zero-order chi connectivity index (χ0) is 12.9. The molecule has 1 aliphatic carbocycles. The van der Waals surface area contributed by atoms with Crippen LogP contribution in [0.3, 0.4) is 0 Å². The van der Waals surface area contributed by atoms with Crippen LogP contribution < -0.4 is 10.6 Å². The van der Waals surface area contributed by atoms with Crippen molar-refractivity contribution in [3.05, 3.63) is 0 Å². The Hall–Kier alpha value is -0.610. The van der Waals surface area contributed by atoms with E-state index in [-0.39, 0.29) is 23.6 Å². The highest BCUT2D eigenvalue weighted by Crippen LogP contribution is 2.18. The maximum Gasteiger partial charge on any atom is 0.221 e. The van der Waals surface area contributed by atoms with E-state index in [1.165, 1.54) is 6.42 Å². The first-order valence-corrected chi connectivity index (χ1v) is 6.61. The molecule has 3 N–H and O–H groups in total. The van der Waals surface area contributed by atoms with Crippen LogP contribution in [0.5, 0.6) is 0 Å². The van der Waals surface area contributed by atoms with Crippen LogP contribution in [0.4, 0.5) is 0 Å². The summed E-state index contributed by atoms with van der Waals surface area (Å²) in [5, 5.41) is 16.0. The van der Waals surface area contributed by atoms with Gasteiger partial charge >= 0.3 is 0 Å². The molecule has 1 saturated carbocycles.